The average Bonchev–Trinajstić information content (AvgIpc) is 2.43. The van der Waals surface area contributed by atoms with E-state index in [9.17, 15) is 15.0 Å². The summed E-state index contributed by atoms with van der Waals surface area (Å²) in [4.78, 5) is 11.7. The molecule has 0 spiro atoms. The van der Waals surface area contributed by atoms with Crippen molar-refractivity contribution >= 4 is 6.09 Å². The van der Waals surface area contributed by atoms with E-state index in [0.717, 1.165) is 18.4 Å². The fraction of sp³-hybridized carbons (Fsp3) is 0.588. The predicted molar refractivity (Wildman–Crippen MR) is 89.5 cm³/mol. The lowest BCUT2D eigenvalue weighted by molar-refractivity contribution is 0.0521. The highest BCUT2D eigenvalue weighted by molar-refractivity contribution is 5.67. The summed E-state index contributed by atoms with van der Waals surface area (Å²) in [5, 5.41) is 24.9. The van der Waals surface area contributed by atoms with Crippen molar-refractivity contribution in [3.63, 3.8) is 0 Å². The number of alkyl carbamates (subject to hydrolysis) is 1. The summed E-state index contributed by atoms with van der Waals surface area (Å²) < 4.78 is 5.22. The molecule has 0 bridgehead atoms. The molecule has 0 aliphatic heterocycles. The van der Waals surface area contributed by atoms with Gasteiger partial charge in [0.15, 0.2) is 11.5 Å². The number of benzene rings is 1. The van der Waals surface area contributed by atoms with E-state index in [2.05, 4.69) is 17.6 Å². The van der Waals surface area contributed by atoms with E-state index >= 15 is 0 Å². The molecule has 0 aromatic heterocycles. The Kier molecular flexibility index (Phi) is 7.16. The molecule has 1 amide bonds. The van der Waals surface area contributed by atoms with E-state index in [1.54, 1.807) is 6.07 Å². The van der Waals surface area contributed by atoms with E-state index in [1.165, 1.54) is 12.1 Å². The Morgan fingerprint density at radius 3 is 2.52 bits per heavy atom. The van der Waals surface area contributed by atoms with Gasteiger partial charge in [0, 0.05) is 19.1 Å². The van der Waals surface area contributed by atoms with Crippen molar-refractivity contribution in [2.24, 2.45) is 0 Å². The molecular weight excluding hydrogens is 296 g/mol. The molecule has 23 heavy (non-hydrogen) atoms. The average molecular weight is 324 g/mol. The number of nitrogens with one attached hydrogen (secondary N) is 2. The first-order chi connectivity index (χ1) is 10.7. The van der Waals surface area contributed by atoms with Gasteiger partial charge in [-0.3, -0.25) is 0 Å². The van der Waals surface area contributed by atoms with Gasteiger partial charge in [0.05, 0.1) is 0 Å². The molecule has 1 rings (SSSR count). The van der Waals surface area contributed by atoms with Crippen molar-refractivity contribution in [1.29, 1.82) is 0 Å². The highest BCUT2D eigenvalue weighted by Crippen LogP contribution is 2.24. The van der Waals surface area contributed by atoms with Gasteiger partial charge in [-0.15, -0.1) is 0 Å². The SMILES string of the molecule is CCCC(CNC(=O)OC(C)(C)C)NCc1ccc(O)c(O)c1. The monoisotopic (exact) mass is 324 g/mol. The topological polar surface area (TPSA) is 90.8 Å². The second kappa shape index (κ2) is 8.62. The number of carbonyl (C=O) groups excluding carboxylic acids is 1. The van der Waals surface area contributed by atoms with E-state index in [1.807, 2.05) is 20.8 Å². The van der Waals surface area contributed by atoms with Crippen molar-refractivity contribution in [2.45, 2.75) is 58.7 Å². The van der Waals surface area contributed by atoms with Gasteiger partial charge in [0.2, 0.25) is 0 Å². The first-order valence-electron chi connectivity index (χ1n) is 7.92. The standard InChI is InChI=1S/C17H28N2O4/c1-5-6-13(11-19-16(22)23-17(2,3)4)18-10-12-7-8-14(20)15(21)9-12/h7-9,13,18,20-21H,5-6,10-11H2,1-4H3,(H,19,22). The smallest absolute Gasteiger partial charge is 0.407 e. The number of aromatic hydroxyl groups is 2. The maximum absolute atomic E-state index is 11.7. The Labute approximate surface area is 137 Å². The van der Waals surface area contributed by atoms with E-state index in [4.69, 9.17) is 4.74 Å². The minimum absolute atomic E-state index is 0.100. The Hall–Kier alpha value is -1.95. The lowest BCUT2D eigenvalue weighted by Gasteiger charge is -2.22. The van der Waals surface area contributed by atoms with Crippen LogP contribution in [0, 0.1) is 0 Å². The van der Waals surface area contributed by atoms with Gasteiger partial charge < -0.3 is 25.6 Å². The Morgan fingerprint density at radius 2 is 1.96 bits per heavy atom. The van der Waals surface area contributed by atoms with Gasteiger partial charge in [0.25, 0.3) is 0 Å². The first-order valence-corrected chi connectivity index (χ1v) is 7.92. The zero-order chi connectivity index (χ0) is 17.5. The summed E-state index contributed by atoms with van der Waals surface area (Å²) in [6.07, 6.45) is 1.46. The zero-order valence-electron chi connectivity index (χ0n) is 14.3. The van der Waals surface area contributed by atoms with Crippen LogP contribution in [0.5, 0.6) is 11.5 Å². The van der Waals surface area contributed by atoms with Crippen molar-refractivity contribution in [3.05, 3.63) is 23.8 Å². The Balaban J connectivity index is 2.48. The highest BCUT2D eigenvalue weighted by Gasteiger charge is 2.17. The lowest BCUT2D eigenvalue weighted by Crippen LogP contribution is -2.42. The van der Waals surface area contributed by atoms with Crippen LogP contribution in [0.2, 0.25) is 0 Å². The van der Waals surface area contributed by atoms with Crippen LogP contribution < -0.4 is 10.6 Å². The summed E-state index contributed by atoms with van der Waals surface area (Å²) in [6.45, 7) is 8.55. The third-order valence-electron chi connectivity index (χ3n) is 3.16. The number of rotatable bonds is 7. The molecule has 0 radical (unpaired) electrons. The molecular formula is C17H28N2O4. The van der Waals surface area contributed by atoms with Gasteiger partial charge in [-0.25, -0.2) is 4.79 Å². The molecule has 1 unspecified atom stereocenters. The summed E-state index contributed by atoms with van der Waals surface area (Å²) in [6, 6.07) is 4.82. The molecule has 0 heterocycles. The van der Waals surface area contributed by atoms with Crippen LogP contribution >= 0.6 is 0 Å². The third-order valence-corrected chi connectivity index (χ3v) is 3.16. The number of phenols is 2. The molecule has 130 valence electrons. The second-order valence-electron chi connectivity index (χ2n) is 6.57. The molecule has 4 N–H and O–H groups in total. The summed E-state index contributed by atoms with van der Waals surface area (Å²) in [5.74, 6) is -0.270. The number of hydrogen-bond donors (Lipinski definition) is 4. The second-order valence-corrected chi connectivity index (χ2v) is 6.57. The van der Waals surface area contributed by atoms with Crippen LogP contribution in [0.4, 0.5) is 4.79 Å². The van der Waals surface area contributed by atoms with Gasteiger partial charge in [-0.05, 0) is 44.9 Å². The largest absolute Gasteiger partial charge is 0.504 e. The number of carbonyl (C=O) groups is 1. The molecule has 1 atom stereocenters. The quantitative estimate of drug-likeness (QED) is 0.579. The molecule has 0 saturated heterocycles. The summed E-state index contributed by atoms with van der Waals surface area (Å²) >= 11 is 0. The Bertz CT molecular complexity index is 512. The van der Waals surface area contributed by atoms with Gasteiger partial charge in [-0.1, -0.05) is 19.4 Å². The molecule has 1 aromatic carbocycles. The fourth-order valence-electron chi connectivity index (χ4n) is 2.09. The Morgan fingerprint density at radius 1 is 1.26 bits per heavy atom. The van der Waals surface area contributed by atoms with Crippen LogP contribution in [0.25, 0.3) is 0 Å². The highest BCUT2D eigenvalue weighted by atomic mass is 16.6. The van der Waals surface area contributed by atoms with Gasteiger partial charge >= 0.3 is 6.09 Å². The van der Waals surface area contributed by atoms with E-state index < -0.39 is 11.7 Å². The minimum atomic E-state index is -0.513. The van der Waals surface area contributed by atoms with Crippen molar-refractivity contribution in [2.75, 3.05) is 6.54 Å². The van der Waals surface area contributed by atoms with Crippen molar-refractivity contribution in [1.82, 2.24) is 10.6 Å². The van der Waals surface area contributed by atoms with Crippen LogP contribution in [0.15, 0.2) is 18.2 Å². The summed E-state index contributed by atoms with van der Waals surface area (Å²) in [7, 11) is 0. The first kappa shape index (κ1) is 19.1. The summed E-state index contributed by atoms with van der Waals surface area (Å²) in [5.41, 5.74) is 0.347. The third kappa shape index (κ3) is 7.74. The van der Waals surface area contributed by atoms with Gasteiger partial charge in [-0.2, -0.15) is 0 Å². The molecule has 0 fully saturated rings. The molecule has 0 aliphatic rings. The van der Waals surface area contributed by atoms with Gasteiger partial charge in [0.1, 0.15) is 5.60 Å². The van der Waals surface area contributed by atoms with Crippen molar-refractivity contribution < 1.29 is 19.7 Å². The molecule has 1 aromatic rings. The van der Waals surface area contributed by atoms with Crippen LogP contribution in [-0.2, 0) is 11.3 Å². The maximum atomic E-state index is 11.7. The predicted octanol–water partition coefficient (Wildman–Crippen LogP) is 2.88. The van der Waals surface area contributed by atoms with Crippen LogP contribution in [0.3, 0.4) is 0 Å². The number of ether oxygens (including phenoxy) is 1. The van der Waals surface area contributed by atoms with Crippen LogP contribution in [-0.4, -0.2) is 34.5 Å². The number of amides is 1. The normalized spacial score (nSPS) is 12.7. The zero-order valence-corrected chi connectivity index (χ0v) is 14.3. The maximum Gasteiger partial charge on any atom is 0.407 e. The fourth-order valence-corrected chi connectivity index (χ4v) is 2.09. The number of phenolic OH excluding ortho intramolecular Hbond substituents is 2. The van der Waals surface area contributed by atoms with Crippen LogP contribution in [0.1, 0.15) is 46.1 Å². The van der Waals surface area contributed by atoms with E-state index in [-0.39, 0.29) is 17.5 Å². The molecule has 0 aliphatic carbocycles. The number of hydrogen-bond acceptors (Lipinski definition) is 5. The minimum Gasteiger partial charge on any atom is -0.504 e. The lowest BCUT2D eigenvalue weighted by atomic mass is 10.1. The van der Waals surface area contributed by atoms with Crippen molar-refractivity contribution in [3.8, 4) is 11.5 Å². The van der Waals surface area contributed by atoms with E-state index in [0.29, 0.717) is 13.1 Å². The molecule has 6 nitrogen and oxygen atoms in total. The molecule has 6 heteroatoms. The molecule has 0 saturated carbocycles.